The summed E-state index contributed by atoms with van der Waals surface area (Å²) in [6.45, 7) is 9.24. The van der Waals surface area contributed by atoms with Crippen molar-refractivity contribution in [2.24, 2.45) is 5.92 Å². The molecule has 1 aromatic rings. The standard InChI is InChI=1S/C18H29N3O3S/c1-5-10-19-17(22)14-7-6-11-21(13-14)15-8-9-16(20-12-15)25(23,24)18(2,3)4/h8-9,12,14H,5-7,10-11,13H2,1-4H3,(H,19,22). The highest BCUT2D eigenvalue weighted by atomic mass is 32.2. The van der Waals surface area contributed by atoms with E-state index in [1.54, 1.807) is 39.1 Å². The average Bonchev–Trinajstić information content (AvgIpc) is 2.59. The third kappa shape index (κ3) is 4.51. The second-order valence-corrected chi connectivity index (χ2v) is 10.2. The highest BCUT2D eigenvalue weighted by molar-refractivity contribution is 7.92. The van der Waals surface area contributed by atoms with Crippen molar-refractivity contribution in [2.45, 2.75) is 56.7 Å². The van der Waals surface area contributed by atoms with Crippen LogP contribution >= 0.6 is 0 Å². The third-order valence-corrected chi connectivity index (χ3v) is 6.91. The lowest BCUT2D eigenvalue weighted by Gasteiger charge is -2.33. The Bertz CT molecular complexity index is 693. The van der Waals surface area contributed by atoms with Crippen molar-refractivity contribution in [3.05, 3.63) is 18.3 Å². The van der Waals surface area contributed by atoms with Crippen LogP contribution in [-0.4, -0.2) is 43.7 Å². The van der Waals surface area contributed by atoms with E-state index in [1.165, 1.54) is 0 Å². The van der Waals surface area contributed by atoms with E-state index in [0.717, 1.165) is 31.5 Å². The van der Waals surface area contributed by atoms with Crippen molar-refractivity contribution >= 4 is 21.4 Å². The van der Waals surface area contributed by atoms with E-state index in [0.29, 0.717) is 13.1 Å². The topological polar surface area (TPSA) is 79.4 Å². The normalized spacial score (nSPS) is 18.9. The van der Waals surface area contributed by atoms with E-state index < -0.39 is 14.6 Å². The molecule has 1 aliphatic rings. The molecule has 25 heavy (non-hydrogen) atoms. The van der Waals surface area contributed by atoms with Crippen LogP contribution in [0.25, 0.3) is 0 Å². The SMILES string of the molecule is CCCNC(=O)C1CCCN(c2ccc(S(=O)(=O)C(C)(C)C)nc2)C1. The molecule has 0 saturated carbocycles. The maximum Gasteiger partial charge on any atom is 0.224 e. The molecule has 2 rings (SSSR count). The summed E-state index contributed by atoms with van der Waals surface area (Å²) in [5.41, 5.74) is 0.862. The zero-order valence-electron chi connectivity index (χ0n) is 15.6. The molecular weight excluding hydrogens is 338 g/mol. The number of pyridine rings is 1. The van der Waals surface area contributed by atoms with Crippen LogP contribution in [0.4, 0.5) is 5.69 Å². The first kappa shape index (κ1) is 19.7. The number of nitrogens with one attached hydrogen (secondary N) is 1. The van der Waals surface area contributed by atoms with E-state index in [9.17, 15) is 13.2 Å². The number of carbonyl (C=O) groups is 1. The van der Waals surface area contributed by atoms with Crippen molar-refractivity contribution in [3.8, 4) is 0 Å². The molecule has 6 nitrogen and oxygen atoms in total. The Kier molecular flexibility index (Phi) is 6.08. The lowest BCUT2D eigenvalue weighted by Crippen LogP contribution is -2.43. The quantitative estimate of drug-likeness (QED) is 0.864. The zero-order valence-corrected chi connectivity index (χ0v) is 16.4. The molecule has 1 atom stereocenters. The van der Waals surface area contributed by atoms with E-state index in [4.69, 9.17) is 0 Å². The van der Waals surface area contributed by atoms with Crippen molar-refractivity contribution in [1.82, 2.24) is 10.3 Å². The second kappa shape index (κ2) is 7.72. The minimum atomic E-state index is -3.45. The lowest BCUT2D eigenvalue weighted by molar-refractivity contribution is -0.125. The molecule has 2 heterocycles. The number of hydrogen-bond donors (Lipinski definition) is 1. The van der Waals surface area contributed by atoms with E-state index in [1.807, 2.05) is 6.92 Å². The molecule has 1 amide bonds. The predicted molar refractivity (Wildman–Crippen MR) is 99.4 cm³/mol. The number of nitrogens with zero attached hydrogens (tertiary/aromatic N) is 2. The maximum atomic E-state index is 12.5. The van der Waals surface area contributed by atoms with Gasteiger partial charge in [-0.2, -0.15) is 0 Å². The third-order valence-electron chi connectivity index (χ3n) is 4.51. The van der Waals surface area contributed by atoms with Crippen LogP contribution in [0, 0.1) is 5.92 Å². The van der Waals surface area contributed by atoms with Crippen LogP contribution in [0.5, 0.6) is 0 Å². The van der Waals surface area contributed by atoms with Gasteiger partial charge in [-0.05, 0) is 52.2 Å². The molecule has 1 unspecified atom stereocenters. The molecule has 0 spiro atoms. The highest BCUT2D eigenvalue weighted by Crippen LogP contribution is 2.27. The van der Waals surface area contributed by atoms with Gasteiger partial charge in [0.15, 0.2) is 14.9 Å². The lowest BCUT2D eigenvalue weighted by atomic mass is 9.97. The summed E-state index contributed by atoms with van der Waals surface area (Å²) in [7, 11) is -3.45. The summed E-state index contributed by atoms with van der Waals surface area (Å²) in [5, 5.41) is 3.05. The van der Waals surface area contributed by atoms with Gasteiger partial charge in [0.2, 0.25) is 5.91 Å². The molecule has 1 aliphatic heterocycles. The fraction of sp³-hybridized carbons (Fsp3) is 0.667. The Hall–Kier alpha value is -1.63. The summed E-state index contributed by atoms with van der Waals surface area (Å²) in [4.78, 5) is 18.5. The second-order valence-electron chi connectivity index (χ2n) is 7.55. The minimum absolute atomic E-state index is 0.0294. The van der Waals surface area contributed by atoms with Gasteiger partial charge in [0.25, 0.3) is 0 Å². The van der Waals surface area contributed by atoms with Gasteiger partial charge in [-0.25, -0.2) is 13.4 Å². The Morgan fingerprint density at radius 2 is 2.08 bits per heavy atom. The van der Waals surface area contributed by atoms with Crippen LogP contribution in [0.15, 0.2) is 23.4 Å². The number of sulfone groups is 1. The largest absolute Gasteiger partial charge is 0.369 e. The van der Waals surface area contributed by atoms with Gasteiger partial charge in [-0.1, -0.05) is 6.92 Å². The monoisotopic (exact) mass is 367 g/mol. The van der Waals surface area contributed by atoms with Gasteiger partial charge in [0.1, 0.15) is 0 Å². The summed E-state index contributed by atoms with van der Waals surface area (Å²) >= 11 is 0. The van der Waals surface area contributed by atoms with Crippen LogP contribution in [0.3, 0.4) is 0 Å². The molecule has 0 radical (unpaired) electrons. The molecule has 0 aromatic carbocycles. The fourth-order valence-corrected chi connectivity index (χ4v) is 3.92. The average molecular weight is 368 g/mol. The molecule has 7 heteroatoms. The van der Waals surface area contributed by atoms with Gasteiger partial charge >= 0.3 is 0 Å². The smallest absolute Gasteiger partial charge is 0.224 e. The molecular formula is C18H29N3O3S. The van der Waals surface area contributed by atoms with Gasteiger partial charge in [0, 0.05) is 19.6 Å². The molecule has 1 aromatic heterocycles. The maximum absolute atomic E-state index is 12.5. The number of carbonyl (C=O) groups excluding carboxylic acids is 1. The van der Waals surface area contributed by atoms with Crippen molar-refractivity contribution < 1.29 is 13.2 Å². The van der Waals surface area contributed by atoms with E-state index in [-0.39, 0.29) is 16.9 Å². The van der Waals surface area contributed by atoms with Gasteiger partial charge in [-0.3, -0.25) is 4.79 Å². The van der Waals surface area contributed by atoms with Crippen molar-refractivity contribution in [2.75, 3.05) is 24.5 Å². The summed E-state index contributed by atoms with van der Waals surface area (Å²) in [5.74, 6) is 0.0738. The Morgan fingerprint density at radius 3 is 2.64 bits per heavy atom. The van der Waals surface area contributed by atoms with E-state index >= 15 is 0 Å². The van der Waals surface area contributed by atoms with Crippen LogP contribution in [0.1, 0.15) is 47.0 Å². The molecule has 1 fully saturated rings. The summed E-state index contributed by atoms with van der Waals surface area (Å²) in [6, 6.07) is 3.36. The molecule has 0 aliphatic carbocycles. The molecule has 1 N–H and O–H groups in total. The number of anilines is 1. The number of aromatic nitrogens is 1. The summed E-state index contributed by atoms with van der Waals surface area (Å²) < 4.78 is 24.0. The van der Waals surface area contributed by atoms with Crippen molar-refractivity contribution in [1.29, 1.82) is 0 Å². The van der Waals surface area contributed by atoms with Crippen LogP contribution < -0.4 is 10.2 Å². The Labute approximate surface area is 150 Å². The minimum Gasteiger partial charge on any atom is -0.369 e. The number of piperidine rings is 1. The van der Waals surface area contributed by atoms with Gasteiger partial charge in [0.05, 0.1) is 22.5 Å². The van der Waals surface area contributed by atoms with Crippen molar-refractivity contribution in [3.63, 3.8) is 0 Å². The molecule has 1 saturated heterocycles. The first-order valence-electron chi connectivity index (χ1n) is 8.90. The predicted octanol–water partition coefficient (Wildman–Crippen LogP) is 2.40. The van der Waals surface area contributed by atoms with Crippen LogP contribution in [-0.2, 0) is 14.6 Å². The number of rotatable bonds is 5. The number of hydrogen-bond acceptors (Lipinski definition) is 5. The van der Waals surface area contributed by atoms with Gasteiger partial charge < -0.3 is 10.2 Å². The van der Waals surface area contributed by atoms with E-state index in [2.05, 4.69) is 15.2 Å². The highest BCUT2D eigenvalue weighted by Gasteiger charge is 2.32. The van der Waals surface area contributed by atoms with Crippen LogP contribution in [0.2, 0.25) is 0 Å². The first-order chi connectivity index (χ1) is 11.7. The Morgan fingerprint density at radius 1 is 1.36 bits per heavy atom. The Balaban J connectivity index is 2.10. The first-order valence-corrected chi connectivity index (χ1v) is 10.4. The van der Waals surface area contributed by atoms with Gasteiger partial charge in [-0.15, -0.1) is 0 Å². The zero-order chi connectivity index (χ0) is 18.7. The number of amides is 1. The molecule has 0 bridgehead atoms. The fourth-order valence-electron chi connectivity index (χ4n) is 2.85. The summed E-state index contributed by atoms with van der Waals surface area (Å²) in [6.07, 6.45) is 4.35. The molecule has 140 valence electrons.